The van der Waals surface area contributed by atoms with Gasteiger partial charge in [0.05, 0.1) is 37.3 Å². The number of carbonyl (C=O) groups is 1. The first-order chi connectivity index (χ1) is 13.3. The fourth-order valence-electron chi connectivity index (χ4n) is 2.52. The zero-order valence-electron chi connectivity index (χ0n) is 15.1. The number of nitrogens with one attached hydrogen (secondary N) is 2. The maximum atomic E-state index is 10.6. The van der Waals surface area contributed by atoms with E-state index in [1.807, 2.05) is 24.5 Å². The van der Waals surface area contributed by atoms with Gasteiger partial charge in [-0.25, -0.2) is 9.78 Å². The molecule has 0 bridgehead atoms. The Morgan fingerprint density at radius 1 is 1.36 bits per heavy atom. The van der Waals surface area contributed by atoms with Crippen molar-refractivity contribution in [2.45, 2.75) is 24.7 Å². The number of hydrogen-bond donors (Lipinski definition) is 3. The summed E-state index contributed by atoms with van der Waals surface area (Å²) in [6.45, 7) is 2.11. The fraction of sp³-hybridized carbons (Fsp3) is 0.471. The summed E-state index contributed by atoms with van der Waals surface area (Å²) in [5, 5.41) is 10.6. The summed E-state index contributed by atoms with van der Waals surface area (Å²) in [7, 11) is 1.68. The van der Waals surface area contributed by atoms with Gasteiger partial charge in [-0.3, -0.25) is 4.98 Å². The summed E-state index contributed by atoms with van der Waals surface area (Å²) >= 11 is 0. The first-order valence-electron chi connectivity index (χ1n) is 8.40. The molecular formula is C17H21F3N4O4. The normalized spacial score (nSPS) is 19.1. The van der Waals surface area contributed by atoms with Gasteiger partial charge in [0.1, 0.15) is 5.82 Å². The quantitative estimate of drug-likeness (QED) is 0.636. The molecule has 1 aliphatic rings. The predicted octanol–water partition coefficient (Wildman–Crippen LogP) is 2.17. The Labute approximate surface area is 159 Å². The lowest BCUT2D eigenvalue weighted by atomic mass is 10.2. The van der Waals surface area contributed by atoms with E-state index >= 15 is 0 Å². The molecule has 3 N–H and O–H groups in total. The number of carboxylic acid groups (broad SMARTS) is 1. The van der Waals surface area contributed by atoms with E-state index < -0.39 is 12.1 Å². The molecule has 0 unspecified atom stereocenters. The van der Waals surface area contributed by atoms with Gasteiger partial charge in [0.25, 0.3) is 0 Å². The Hall–Kier alpha value is -2.50. The molecule has 0 aromatic carbocycles. The molecule has 2 atom stereocenters. The van der Waals surface area contributed by atoms with E-state index in [1.54, 1.807) is 13.3 Å². The number of hydrogen-bond acceptors (Lipinski definition) is 6. The number of aromatic nitrogens is 3. The molecule has 28 heavy (non-hydrogen) atoms. The third kappa shape index (κ3) is 6.59. The highest BCUT2D eigenvalue weighted by molar-refractivity contribution is 5.73. The number of ether oxygens (including phenoxy) is 2. The zero-order chi connectivity index (χ0) is 20.6. The van der Waals surface area contributed by atoms with E-state index in [0.29, 0.717) is 13.2 Å². The van der Waals surface area contributed by atoms with Gasteiger partial charge in [0.15, 0.2) is 0 Å². The number of H-pyrrole nitrogens is 1. The highest BCUT2D eigenvalue weighted by atomic mass is 19.4. The molecule has 0 aliphatic carbocycles. The zero-order valence-corrected chi connectivity index (χ0v) is 15.1. The van der Waals surface area contributed by atoms with Crippen molar-refractivity contribution in [1.82, 2.24) is 20.3 Å². The van der Waals surface area contributed by atoms with E-state index in [-0.39, 0.29) is 12.1 Å². The Kier molecular flexibility index (Phi) is 7.91. The molecule has 2 aromatic heterocycles. The number of halogens is 3. The van der Waals surface area contributed by atoms with Gasteiger partial charge in [-0.05, 0) is 18.6 Å². The van der Waals surface area contributed by atoms with Gasteiger partial charge in [-0.1, -0.05) is 0 Å². The van der Waals surface area contributed by atoms with Crippen LogP contribution in [-0.2, 0) is 14.3 Å². The van der Waals surface area contributed by atoms with E-state index in [9.17, 15) is 13.2 Å². The molecule has 0 amide bonds. The topological polar surface area (TPSA) is 109 Å². The largest absolute Gasteiger partial charge is 0.490 e. The van der Waals surface area contributed by atoms with Crippen LogP contribution in [0.15, 0.2) is 30.7 Å². The first-order valence-corrected chi connectivity index (χ1v) is 8.40. The Bertz CT molecular complexity index is 740. The van der Waals surface area contributed by atoms with Crippen molar-refractivity contribution in [3.05, 3.63) is 36.5 Å². The van der Waals surface area contributed by atoms with Gasteiger partial charge >= 0.3 is 12.1 Å². The van der Waals surface area contributed by atoms with Gasteiger partial charge in [0, 0.05) is 31.6 Å². The number of aromatic amines is 1. The summed E-state index contributed by atoms with van der Waals surface area (Å²) in [6.07, 6.45) is 1.51. The van der Waals surface area contributed by atoms with Gasteiger partial charge < -0.3 is 24.9 Å². The van der Waals surface area contributed by atoms with E-state index in [4.69, 9.17) is 19.4 Å². The minimum Gasteiger partial charge on any atom is -0.475 e. The van der Waals surface area contributed by atoms with Crippen LogP contribution in [0.25, 0.3) is 11.3 Å². The van der Waals surface area contributed by atoms with Crippen molar-refractivity contribution in [3.8, 4) is 11.3 Å². The Balaban J connectivity index is 0.000000345. The molecule has 2 aromatic rings. The molecule has 3 heterocycles. The fourth-order valence-corrected chi connectivity index (χ4v) is 2.52. The van der Waals surface area contributed by atoms with Crippen LogP contribution in [0.4, 0.5) is 13.2 Å². The number of rotatable bonds is 6. The molecule has 0 spiro atoms. The lowest BCUT2D eigenvalue weighted by Crippen LogP contribution is -2.21. The molecule has 1 aliphatic heterocycles. The highest BCUT2D eigenvalue weighted by Crippen LogP contribution is 2.25. The minimum atomic E-state index is -5.08. The standard InChI is InChI=1S/C15H20N4O2.C2HF3O2/c1-20-5-6-21-12-7-13(17-9-12)15-18-10-14(19-15)11-3-2-4-16-8-11;3-2(4,5)1(6)7/h2-4,8,10,12-13,17H,5-7,9H2,1H3,(H,18,19);(H,6,7)/t12-,13+;/m1./s1. The van der Waals surface area contributed by atoms with Crippen LogP contribution in [0.5, 0.6) is 0 Å². The van der Waals surface area contributed by atoms with Crippen LogP contribution < -0.4 is 5.32 Å². The molecule has 1 saturated heterocycles. The summed E-state index contributed by atoms with van der Waals surface area (Å²) in [6, 6.07) is 4.15. The number of nitrogens with zero attached hydrogens (tertiary/aromatic N) is 2. The third-order valence-electron chi connectivity index (χ3n) is 3.87. The Morgan fingerprint density at radius 3 is 2.71 bits per heavy atom. The average Bonchev–Trinajstić information content (AvgIpc) is 3.32. The van der Waals surface area contributed by atoms with Gasteiger partial charge in [0.2, 0.25) is 0 Å². The number of carboxylic acids is 1. The predicted molar refractivity (Wildman–Crippen MR) is 92.5 cm³/mol. The third-order valence-corrected chi connectivity index (χ3v) is 3.87. The lowest BCUT2D eigenvalue weighted by molar-refractivity contribution is -0.192. The van der Waals surface area contributed by atoms with Crippen molar-refractivity contribution in [2.75, 3.05) is 26.9 Å². The molecule has 0 radical (unpaired) electrons. The van der Waals surface area contributed by atoms with E-state index in [1.165, 1.54) is 0 Å². The SMILES string of the molecule is COCCO[C@H]1CN[C@H](c2ncc(-c3cccnc3)[nH]2)C1.O=C(O)C(F)(F)F. The number of aliphatic carboxylic acids is 1. The molecule has 11 heteroatoms. The van der Waals surface area contributed by atoms with Gasteiger partial charge in [-0.2, -0.15) is 13.2 Å². The highest BCUT2D eigenvalue weighted by Gasteiger charge is 2.38. The monoisotopic (exact) mass is 402 g/mol. The molecule has 8 nitrogen and oxygen atoms in total. The summed E-state index contributed by atoms with van der Waals surface area (Å²) in [4.78, 5) is 20.9. The second kappa shape index (κ2) is 10.2. The maximum absolute atomic E-state index is 10.6. The van der Waals surface area contributed by atoms with Crippen molar-refractivity contribution in [2.24, 2.45) is 0 Å². The molecule has 3 rings (SSSR count). The number of pyridine rings is 1. The smallest absolute Gasteiger partial charge is 0.475 e. The van der Waals surface area contributed by atoms with Crippen LogP contribution in [0.1, 0.15) is 18.3 Å². The number of alkyl halides is 3. The Morgan fingerprint density at radius 2 is 2.11 bits per heavy atom. The molecule has 1 fully saturated rings. The second-order valence-electron chi connectivity index (χ2n) is 5.91. The van der Waals surface area contributed by atoms with Crippen LogP contribution in [0.2, 0.25) is 0 Å². The van der Waals surface area contributed by atoms with E-state index in [0.717, 1.165) is 30.0 Å². The first kappa shape index (κ1) is 21.8. The van der Waals surface area contributed by atoms with Crippen LogP contribution in [0.3, 0.4) is 0 Å². The van der Waals surface area contributed by atoms with Gasteiger partial charge in [-0.15, -0.1) is 0 Å². The van der Waals surface area contributed by atoms with Crippen molar-refractivity contribution in [3.63, 3.8) is 0 Å². The van der Waals surface area contributed by atoms with Crippen LogP contribution >= 0.6 is 0 Å². The summed E-state index contributed by atoms with van der Waals surface area (Å²) in [5.41, 5.74) is 2.03. The average molecular weight is 402 g/mol. The lowest BCUT2D eigenvalue weighted by Gasteiger charge is -2.10. The number of methoxy groups -OCH3 is 1. The second-order valence-corrected chi connectivity index (χ2v) is 5.91. The number of imidazole rings is 1. The van der Waals surface area contributed by atoms with Crippen molar-refractivity contribution >= 4 is 5.97 Å². The maximum Gasteiger partial charge on any atom is 0.490 e. The van der Waals surface area contributed by atoms with Crippen molar-refractivity contribution in [1.29, 1.82) is 0 Å². The summed E-state index contributed by atoms with van der Waals surface area (Å²) in [5.74, 6) is -1.81. The van der Waals surface area contributed by atoms with Crippen LogP contribution in [0, 0.1) is 0 Å². The van der Waals surface area contributed by atoms with Crippen molar-refractivity contribution < 1.29 is 32.5 Å². The van der Waals surface area contributed by atoms with Crippen LogP contribution in [-0.4, -0.2) is 65.2 Å². The molecule has 0 saturated carbocycles. The molecular weight excluding hydrogens is 381 g/mol. The molecule has 154 valence electrons. The minimum absolute atomic E-state index is 0.211. The summed E-state index contributed by atoms with van der Waals surface area (Å²) < 4.78 is 42.5. The van der Waals surface area contributed by atoms with E-state index in [2.05, 4.69) is 20.3 Å².